The van der Waals surface area contributed by atoms with Crippen molar-refractivity contribution in [3.63, 3.8) is 0 Å². The van der Waals surface area contributed by atoms with Gasteiger partial charge in [-0.2, -0.15) is 0 Å². The lowest BCUT2D eigenvalue weighted by Gasteiger charge is -2.30. The van der Waals surface area contributed by atoms with Gasteiger partial charge in [0.15, 0.2) is 0 Å². The first-order chi connectivity index (χ1) is 18.7. The molecule has 1 N–H and O–H groups in total. The molecule has 1 saturated heterocycles. The summed E-state index contributed by atoms with van der Waals surface area (Å²) in [5, 5.41) is 12.7. The Balaban J connectivity index is 1.55. The van der Waals surface area contributed by atoms with E-state index in [0.717, 1.165) is 59.0 Å². The van der Waals surface area contributed by atoms with Gasteiger partial charge in [-0.15, -0.1) is 0 Å². The van der Waals surface area contributed by atoms with Gasteiger partial charge in [0, 0.05) is 48.3 Å². The molecule has 1 unspecified atom stereocenters. The predicted molar refractivity (Wildman–Crippen MR) is 149 cm³/mol. The van der Waals surface area contributed by atoms with E-state index in [9.17, 15) is 9.90 Å². The minimum absolute atomic E-state index is 0.0301. The molecule has 1 amide bonds. The van der Waals surface area contributed by atoms with E-state index in [0.29, 0.717) is 32.8 Å². The minimum Gasteiger partial charge on any atom is -0.394 e. The fraction of sp³-hybridized carbons (Fsp3) is 0.433. The molecule has 4 aromatic rings. The third kappa shape index (κ3) is 5.57. The summed E-state index contributed by atoms with van der Waals surface area (Å²) in [6, 6.07) is 15.9. The molecule has 3 aromatic heterocycles. The van der Waals surface area contributed by atoms with Crippen molar-refractivity contribution in [1.82, 2.24) is 24.3 Å². The maximum absolute atomic E-state index is 13.4. The summed E-state index contributed by atoms with van der Waals surface area (Å²) in [4.78, 5) is 27.0. The van der Waals surface area contributed by atoms with Gasteiger partial charge in [-0.1, -0.05) is 44.0 Å². The van der Waals surface area contributed by atoms with Crippen molar-refractivity contribution in [1.29, 1.82) is 0 Å². The fourth-order valence-electron chi connectivity index (χ4n) is 5.47. The molecule has 0 aliphatic carbocycles. The largest absolute Gasteiger partial charge is 0.394 e. The van der Waals surface area contributed by atoms with Crippen LogP contribution in [0.4, 0.5) is 0 Å². The lowest BCUT2D eigenvalue weighted by atomic mass is 10.1. The normalized spacial score (nSPS) is 15.0. The molecule has 1 fully saturated rings. The first kappa shape index (κ1) is 26.3. The van der Waals surface area contributed by atoms with Crippen LogP contribution in [0, 0.1) is 0 Å². The molecule has 0 bridgehead atoms. The third-order valence-electron chi connectivity index (χ3n) is 7.46. The summed E-state index contributed by atoms with van der Waals surface area (Å²) in [7, 11) is 0. The lowest BCUT2D eigenvalue weighted by Crippen LogP contribution is -2.42. The smallest absolute Gasteiger partial charge is 0.242 e. The third-order valence-corrected chi connectivity index (χ3v) is 7.46. The van der Waals surface area contributed by atoms with Crippen LogP contribution in [0.25, 0.3) is 21.8 Å². The van der Waals surface area contributed by atoms with Crippen LogP contribution >= 0.6 is 0 Å². The Bertz CT molecular complexity index is 1350. The highest BCUT2D eigenvalue weighted by Gasteiger charge is 2.25. The molecule has 0 radical (unpaired) electrons. The van der Waals surface area contributed by atoms with Gasteiger partial charge in [0.05, 0.1) is 42.8 Å². The van der Waals surface area contributed by atoms with E-state index in [4.69, 9.17) is 9.72 Å². The maximum Gasteiger partial charge on any atom is 0.242 e. The van der Waals surface area contributed by atoms with Gasteiger partial charge in [-0.3, -0.25) is 19.7 Å². The van der Waals surface area contributed by atoms with Crippen molar-refractivity contribution in [2.24, 2.45) is 0 Å². The van der Waals surface area contributed by atoms with Crippen LogP contribution in [-0.4, -0.2) is 74.8 Å². The van der Waals surface area contributed by atoms with Crippen LogP contribution in [0.5, 0.6) is 0 Å². The standard InChI is InChI=1S/C30H37N5O3/c1-2-3-8-15-34(28(22-36)25-10-6-7-13-31-25)20-26-30-24(12-14-32-26)23-9-4-5-11-27(23)35(30)21-29(37)33-16-18-38-19-17-33/h4-7,9-14,28,36H,2-3,8,15-22H2,1H3. The number of amides is 1. The number of aliphatic hydroxyl groups excluding tert-OH is 1. The second kappa shape index (κ2) is 12.5. The number of aliphatic hydroxyl groups is 1. The Kier molecular flexibility index (Phi) is 8.63. The molecule has 8 nitrogen and oxygen atoms in total. The summed E-state index contributed by atoms with van der Waals surface area (Å²) < 4.78 is 7.59. The van der Waals surface area contributed by atoms with Crippen molar-refractivity contribution in [3.8, 4) is 0 Å². The number of fused-ring (bicyclic) bond motifs is 3. The number of carbonyl (C=O) groups is 1. The highest BCUT2D eigenvalue weighted by molar-refractivity contribution is 6.09. The average molecular weight is 516 g/mol. The number of unbranched alkanes of at least 4 members (excludes halogenated alkanes) is 2. The van der Waals surface area contributed by atoms with Crippen molar-refractivity contribution < 1.29 is 14.6 Å². The zero-order chi connectivity index (χ0) is 26.3. The zero-order valence-electron chi connectivity index (χ0n) is 22.1. The van der Waals surface area contributed by atoms with Crippen LogP contribution < -0.4 is 0 Å². The van der Waals surface area contributed by atoms with E-state index in [-0.39, 0.29) is 25.1 Å². The van der Waals surface area contributed by atoms with Gasteiger partial charge < -0.3 is 19.3 Å². The molecule has 4 heterocycles. The molecule has 1 aliphatic rings. The molecule has 0 spiro atoms. The van der Waals surface area contributed by atoms with Crippen molar-refractivity contribution in [2.75, 3.05) is 39.5 Å². The van der Waals surface area contributed by atoms with Gasteiger partial charge in [0.2, 0.25) is 5.91 Å². The summed E-state index contributed by atoms with van der Waals surface area (Å²) in [6.45, 7) is 6.18. The van der Waals surface area contributed by atoms with Crippen LogP contribution in [0.2, 0.25) is 0 Å². The Morgan fingerprint density at radius 1 is 1.03 bits per heavy atom. The SMILES string of the molecule is CCCCCN(Cc1nccc2c3ccccc3n(CC(=O)N3CCOCC3)c12)C(CO)c1ccccn1. The number of rotatable bonds is 11. The number of morpholine rings is 1. The van der Waals surface area contributed by atoms with E-state index >= 15 is 0 Å². The number of carbonyl (C=O) groups excluding carboxylic acids is 1. The minimum atomic E-state index is -0.238. The van der Waals surface area contributed by atoms with Crippen LogP contribution in [0.15, 0.2) is 60.9 Å². The molecule has 8 heteroatoms. The molecule has 1 aliphatic heterocycles. The number of nitrogens with zero attached hydrogens (tertiary/aromatic N) is 5. The number of aromatic nitrogens is 3. The second-order valence-corrected chi connectivity index (χ2v) is 9.88. The molecular weight excluding hydrogens is 478 g/mol. The predicted octanol–water partition coefficient (Wildman–Crippen LogP) is 4.17. The summed E-state index contributed by atoms with van der Waals surface area (Å²) in [6.07, 6.45) is 6.89. The molecule has 0 saturated carbocycles. The summed E-state index contributed by atoms with van der Waals surface area (Å²) in [5.41, 5.74) is 3.76. The highest BCUT2D eigenvalue weighted by Crippen LogP contribution is 2.32. The Hall–Kier alpha value is -3.33. The monoisotopic (exact) mass is 515 g/mol. The molecule has 5 rings (SSSR count). The summed E-state index contributed by atoms with van der Waals surface area (Å²) in [5.74, 6) is 0.0901. The van der Waals surface area contributed by atoms with Gasteiger partial charge in [-0.05, 0) is 37.2 Å². The molecule has 1 aromatic carbocycles. The Morgan fingerprint density at radius 3 is 2.61 bits per heavy atom. The summed E-state index contributed by atoms with van der Waals surface area (Å²) >= 11 is 0. The van der Waals surface area contributed by atoms with E-state index in [1.54, 1.807) is 6.20 Å². The van der Waals surface area contributed by atoms with Crippen molar-refractivity contribution in [3.05, 3.63) is 72.3 Å². The number of para-hydroxylation sites is 1. The highest BCUT2D eigenvalue weighted by atomic mass is 16.5. The molecule has 200 valence electrons. The van der Waals surface area contributed by atoms with E-state index in [2.05, 4.69) is 33.5 Å². The maximum atomic E-state index is 13.4. The molecular formula is C30H37N5O3. The van der Waals surface area contributed by atoms with E-state index in [1.165, 1.54) is 0 Å². The number of pyridine rings is 2. The quantitative estimate of drug-likeness (QED) is 0.302. The zero-order valence-corrected chi connectivity index (χ0v) is 22.1. The average Bonchev–Trinajstić information content (AvgIpc) is 3.29. The van der Waals surface area contributed by atoms with Gasteiger partial charge in [-0.25, -0.2) is 0 Å². The number of ether oxygens (including phenoxy) is 1. The van der Waals surface area contributed by atoms with Gasteiger partial charge in [0.1, 0.15) is 6.54 Å². The second-order valence-electron chi connectivity index (χ2n) is 9.88. The van der Waals surface area contributed by atoms with Crippen LogP contribution in [-0.2, 0) is 22.6 Å². The van der Waals surface area contributed by atoms with Crippen molar-refractivity contribution >= 4 is 27.7 Å². The fourth-order valence-corrected chi connectivity index (χ4v) is 5.47. The van der Waals surface area contributed by atoms with Gasteiger partial charge in [0.25, 0.3) is 0 Å². The molecule has 38 heavy (non-hydrogen) atoms. The first-order valence-electron chi connectivity index (χ1n) is 13.7. The topological polar surface area (TPSA) is 83.7 Å². The number of benzene rings is 1. The molecule has 1 atom stereocenters. The number of hydrogen-bond acceptors (Lipinski definition) is 6. The van der Waals surface area contributed by atoms with Crippen LogP contribution in [0.3, 0.4) is 0 Å². The lowest BCUT2D eigenvalue weighted by molar-refractivity contribution is -0.135. The van der Waals surface area contributed by atoms with Gasteiger partial charge >= 0.3 is 0 Å². The first-order valence-corrected chi connectivity index (χ1v) is 13.7. The Labute approximate surface area is 223 Å². The van der Waals surface area contributed by atoms with E-state index in [1.807, 2.05) is 47.5 Å². The Morgan fingerprint density at radius 2 is 1.84 bits per heavy atom. The number of hydrogen-bond donors (Lipinski definition) is 1. The van der Waals surface area contributed by atoms with Crippen LogP contribution in [0.1, 0.15) is 43.6 Å². The van der Waals surface area contributed by atoms with Crippen molar-refractivity contribution in [2.45, 2.75) is 45.3 Å². The van der Waals surface area contributed by atoms with E-state index < -0.39 is 0 Å².